The van der Waals surface area contributed by atoms with Gasteiger partial charge in [0.05, 0.1) is 12.0 Å². The zero-order valence-electron chi connectivity index (χ0n) is 12.1. The van der Waals surface area contributed by atoms with Gasteiger partial charge in [-0.15, -0.1) is 6.58 Å². The van der Waals surface area contributed by atoms with Crippen molar-refractivity contribution in [3.05, 3.63) is 24.3 Å². The van der Waals surface area contributed by atoms with Crippen molar-refractivity contribution in [2.75, 3.05) is 6.61 Å². The number of ether oxygens (including phenoxy) is 1. The second kappa shape index (κ2) is 6.21. The fraction of sp³-hybridized carbons (Fsp3) is 0.688. The maximum absolute atomic E-state index is 12.3. The summed E-state index contributed by atoms with van der Waals surface area (Å²) in [7, 11) is 0. The van der Waals surface area contributed by atoms with E-state index < -0.39 is 0 Å². The van der Waals surface area contributed by atoms with Crippen LogP contribution in [-0.4, -0.2) is 12.6 Å². The van der Waals surface area contributed by atoms with Crippen molar-refractivity contribution in [1.82, 2.24) is 0 Å². The maximum Gasteiger partial charge on any atom is 0.312 e. The van der Waals surface area contributed by atoms with Gasteiger partial charge in [0.2, 0.25) is 0 Å². The third-order valence-electron chi connectivity index (χ3n) is 4.05. The van der Waals surface area contributed by atoms with Crippen molar-refractivity contribution in [1.29, 1.82) is 0 Å². The van der Waals surface area contributed by atoms with Crippen LogP contribution in [0.4, 0.5) is 0 Å². The lowest BCUT2D eigenvalue weighted by Gasteiger charge is -2.48. The minimum absolute atomic E-state index is 0.0223. The van der Waals surface area contributed by atoms with Crippen LogP contribution in [0.2, 0.25) is 0 Å². The van der Waals surface area contributed by atoms with Crippen LogP contribution in [0.3, 0.4) is 0 Å². The highest BCUT2D eigenvalue weighted by Gasteiger charge is 2.53. The summed E-state index contributed by atoms with van der Waals surface area (Å²) in [5.74, 6) is 0.285. The Kier molecular flexibility index (Phi) is 5.18. The van der Waals surface area contributed by atoms with Crippen LogP contribution in [-0.2, 0) is 9.53 Å². The first-order valence-corrected chi connectivity index (χ1v) is 6.91. The summed E-state index contributed by atoms with van der Waals surface area (Å²) in [4.78, 5) is 12.3. The molecule has 0 amide bonds. The molecule has 0 spiro atoms. The minimum atomic E-state index is -0.294. The van der Waals surface area contributed by atoms with Gasteiger partial charge in [-0.1, -0.05) is 17.7 Å². The molecule has 1 saturated carbocycles. The van der Waals surface area contributed by atoms with Crippen molar-refractivity contribution in [3.63, 3.8) is 0 Å². The molecule has 2 nitrogen and oxygen atoms in total. The first-order chi connectivity index (χ1) is 8.44. The van der Waals surface area contributed by atoms with Gasteiger partial charge >= 0.3 is 5.97 Å². The Morgan fingerprint density at radius 2 is 2.06 bits per heavy atom. The van der Waals surface area contributed by atoms with E-state index in [0.717, 1.165) is 37.7 Å². The van der Waals surface area contributed by atoms with Crippen LogP contribution in [0.25, 0.3) is 0 Å². The summed E-state index contributed by atoms with van der Waals surface area (Å²) in [6.07, 6.45) is 4.92. The molecule has 0 radical (unpaired) electrons. The second-order valence-corrected chi connectivity index (χ2v) is 5.62. The summed E-state index contributed by atoms with van der Waals surface area (Å²) in [5, 5.41) is 0. The predicted molar refractivity (Wildman–Crippen MR) is 75.3 cm³/mol. The van der Waals surface area contributed by atoms with Crippen LogP contribution in [0, 0.1) is 11.3 Å². The molecular formula is C16H26O2. The van der Waals surface area contributed by atoms with Gasteiger partial charge in [-0.05, 0) is 58.8 Å². The fourth-order valence-electron chi connectivity index (χ4n) is 2.98. The lowest BCUT2D eigenvalue weighted by atomic mass is 9.55. The maximum atomic E-state index is 12.3. The molecule has 18 heavy (non-hydrogen) atoms. The van der Waals surface area contributed by atoms with Gasteiger partial charge in [0, 0.05) is 0 Å². The number of carbonyl (C=O) groups is 1. The van der Waals surface area contributed by atoms with E-state index in [2.05, 4.69) is 13.2 Å². The quantitative estimate of drug-likeness (QED) is 0.498. The molecule has 1 aliphatic rings. The highest BCUT2D eigenvalue weighted by molar-refractivity contribution is 5.79. The number of rotatable bonds is 7. The summed E-state index contributed by atoms with van der Waals surface area (Å²) >= 11 is 0. The van der Waals surface area contributed by atoms with Crippen molar-refractivity contribution < 1.29 is 9.53 Å². The molecule has 0 aliphatic heterocycles. The van der Waals surface area contributed by atoms with Gasteiger partial charge < -0.3 is 4.74 Å². The molecule has 0 saturated heterocycles. The molecular weight excluding hydrogens is 224 g/mol. The van der Waals surface area contributed by atoms with E-state index in [9.17, 15) is 4.79 Å². The molecule has 0 aromatic heterocycles. The van der Waals surface area contributed by atoms with Crippen LogP contribution >= 0.6 is 0 Å². The lowest BCUT2D eigenvalue weighted by molar-refractivity contribution is -0.166. The Morgan fingerprint density at radius 1 is 1.39 bits per heavy atom. The molecule has 0 N–H and O–H groups in total. The van der Waals surface area contributed by atoms with Gasteiger partial charge in [0.25, 0.3) is 0 Å². The third-order valence-corrected chi connectivity index (χ3v) is 4.05. The molecule has 1 aliphatic carbocycles. The first kappa shape index (κ1) is 15.0. The highest BCUT2D eigenvalue weighted by atomic mass is 16.5. The molecule has 0 unspecified atom stereocenters. The number of allylic oxidation sites excluding steroid dienone is 2. The molecule has 0 bridgehead atoms. The molecule has 1 fully saturated rings. The van der Waals surface area contributed by atoms with Gasteiger partial charge in [0.15, 0.2) is 0 Å². The summed E-state index contributed by atoms with van der Waals surface area (Å²) < 4.78 is 5.28. The minimum Gasteiger partial charge on any atom is -0.466 e. The van der Waals surface area contributed by atoms with E-state index in [-0.39, 0.29) is 11.4 Å². The lowest BCUT2D eigenvalue weighted by Crippen LogP contribution is -2.48. The fourth-order valence-corrected chi connectivity index (χ4v) is 2.98. The van der Waals surface area contributed by atoms with E-state index in [1.807, 2.05) is 20.8 Å². The Bertz CT molecular complexity index is 343. The van der Waals surface area contributed by atoms with E-state index in [0.29, 0.717) is 12.5 Å². The number of esters is 1. The average Bonchev–Trinajstić information content (AvgIpc) is 2.21. The second-order valence-electron chi connectivity index (χ2n) is 5.62. The Balaban J connectivity index is 2.72. The Hall–Kier alpha value is -1.05. The predicted octanol–water partition coefficient (Wildman–Crippen LogP) is 4.27. The Labute approximate surface area is 111 Å². The SMILES string of the molecule is C=C(C)CCC[C@]1(C(=O)OCC)CC[C@@H]1C(=C)C. The van der Waals surface area contributed by atoms with Crippen molar-refractivity contribution in [2.45, 2.75) is 52.9 Å². The molecule has 1 rings (SSSR count). The highest BCUT2D eigenvalue weighted by Crippen LogP contribution is 2.54. The summed E-state index contributed by atoms with van der Waals surface area (Å²) in [6.45, 7) is 14.3. The van der Waals surface area contributed by atoms with Crippen molar-refractivity contribution >= 4 is 5.97 Å². The van der Waals surface area contributed by atoms with Crippen LogP contribution < -0.4 is 0 Å². The monoisotopic (exact) mass is 250 g/mol. The van der Waals surface area contributed by atoms with Gasteiger partial charge in [0.1, 0.15) is 0 Å². The van der Waals surface area contributed by atoms with Crippen molar-refractivity contribution in [2.24, 2.45) is 11.3 Å². The third kappa shape index (κ3) is 3.04. The van der Waals surface area contributed by atoms with Gasteiger partial charge in [-0.2, -0.15) is 0 Å². The summed E-state index contributed by atoms with van der Waals surface area (Å²) in [5.41, 5.74) is 2.00. The van der Waals surface area contributed by atoms with E-state index in [1.54, 1.807) is 0 Å². The number of hydrogen-bond donors (Lipinski definition) is 0. The van der Waals surface area contributed by atoms with Gasteiger partial charge in [-0.3, -0.25) is 4.79 Å². The largest absolute Gasteiger partial charge is 0.466 e. The molecule has 0 aromatic rings. The van der Waals surface area contributed by atoms with E-state index >= 15 is 0 Å². The molecule has 0 heterocycles. The molecule has 0 aromatic carbocycles. The van der Waals surface area contributed by atoms with E-state index in [1.165, 1.54) is 5.57 Å². The molecule has 2 heteroatoms. The zero-order chi connectivity index (χ0) is 13.8. The topological polar surface area (TPSA) is 26.3 Å². The van der Waals surface area contributed by atoms with Crippen LogP contribution in [0.15, 0.2) is 24.3 Å². The van der Waals surface area contributed by atoms with Crippen molar-refractivity contribution in [3.8, 4) is 0 Å². The smallest absolute Gasteiger partial charge is 0.312 e. The number of carbonyl (C=O) groups excluding carboxylic acids is 1. The standard InChI is InChI=1S/C16H26O2/c1-6-18-15(17)16(10-7-8-12(2)3)11-9-14(16)13(4)5/h14H,2,4,6-11H2,1,3,5H3/t14-,16+/m1/s1. The van der Waals surface area contributed by atoms with Gasteiger partial charge in [-0.25, -0.2) is 0 Å². The van der Waals surface area contributed by atoms with Crippen LogP contribution in [0.5, 0.6) is 0 Å². The summed E-state index contributed by atoms with van der Waals surface area (Å²) in [6, 6.07) is 0. The van der Waals surface area contributed by atoms with E-state index in [4.69, 9.17) is 4.74 Å². The van der Waals surface area contributed by atoms with Crippen LogP contribution in [0.1, 0.15) is 52.9 Å². The molecule has 2 atom stereocenters. The average molecular weight is 250 g/mol. The molecule has 102 valence electrons. The normalized spacial score (nSPS) is 26.3. The Morgan fingerprint density at radius 3 is 2.44 bits per heavy atom. The zero-order valence-corrected chi connectivity index (χ0v) is 12.1. The first-order valence-electron chi connectivity index (χ1n) is 6.91. The number of hydrogen-bond acceptors (Lipinski definition) is 2.